The first kappa shape index (κ1) is 24.8. The van der Waals surface area contributed by atoms with Crippen LogP contribution >= 0.6 is 0 Å². The van der Waals surface area contributed by atoms with Crippen LogP contribution < -0.4 is 0 Å². The predicted molar refractivity (Wildman–Crippen MR) is 121 cm³/mol. The Morgan fingerprint density at radius 1 is 1.00 bits per heavy atom. The molecule has 2 aromatic rings. The van der Waals surface area contributed by atoms with Crippen LogP contribution in [0.1, 0.15) is 53.0 Å². The Kier molecular flexibility index (Phi) is 7.46. The standard InChI is InChI=1S/C24H27NO7S/c1-24(2,21(15-26)32-16-17-8-4-3-5-9-17)14-18(12-13-33(29,30)31)25-22(27)19-10-6-7-11-20(19)23(25)28/h3-11,15,18,21H,12-14,16H2,1-2H3,(H,29,30,31)/t18?,21-/m0/s1. The van der Waals surface area contributed by atoms with Crippen LogP contribution in [-0.4, -0.2) is 53.9 Å². The summed E-state index contributed by atoms with van der Waals surface area (Å²) in [5, 5.41) is 0. The van der Waals surface area contributed by atoms with E-state index >= 15 is 0 Å². The van der Waals surface area contributed by atoms with Crippen LogP contribution in [0.3, 0.4) is 0 Å². The zero-order valence-electron chi connectivity index (χ0n) is 18.5. The van der Waals surface area contributed by atoms with E-state index in [0.29, 0.717) is 6.29 Å². The van der Waals surface area contributed by atoms with Crippen LogP contribution in [0.4, 0.5) is 0 Å². The van der Waals surface area contributed by atoms with Crippen LogP contribution in [0.5, 0.6) is 0 Å². The summed E-state index contributed by atoms with van der Waals surface area (Å²) >= 11 is 0. The summed E-state index contributed by atoms with van der Waals surface area (Å²) in [7, 11) is -4.33. The van der Waals surface area contributed by atoms with Crippen LogP contribution in [0.25, 0.3) is 0 Å². The number of carbonyl (C=O) groups is 3. The Bertz CT molecular complexity index is 1090. The molecular formula is C24H27NO7S. The van der Waals surface area contributed by atoms with E-state index in [0.717, 1.165) is 10.5 Å². The van der Waals surface area contributed by atoms with Crippen molar-refractivity contribution in [3.63, 3.8) is 0 Å². The Balaban J connectivity index is 1.83. The van der Waals surface area contributed by atoms with Crippen LogP contribution in [-0.2, 0) is 26.3 Å². The lowest BCUT2D eigenvalue weighted by Gasteiger charge is -2.37. The zero-order chi connectivity index (χ0) is 24.2. The van der Waals surface area contributed by atoms with Gasteiger partial charge in [-0.1, -0.05) is 56.3 Å². The van der Waals surface area contributed by atoms with Crippen molar-refractivity contribution >= 4 is 28.2 Å². The molecule has 1 N–H and O–H groups in total. The van der Waals surface area contributed by atoms with E-state index in [-0.39, 0.29) is 30.6 Å². The van der Waals surface area contributed by atoms with Gasteiger partial charge in [0.1, 0.15) is 12.4 Å². The van der Waals surface area contributed by atoms with Gasteiger partial charge in [0.15, 0.2) is 0 Å². The van der Waals surface area contributed by atoms with Crippen molar-refractivity contribution in [3.05, 3.63) is 71.3 Å². The molecule has 0 bridgehead atoms. The van der Waals surface area contributed by atoms with Gasteiger partial charge < -0.3 is 9.53 Å². The molecule has 33 heavy (non-hydrogen) atoms. The third-order valence-corrected chi connectivity index (χ3v) is 6.58. The average molecular weight is 474 g/mol. The summed E-state index contributed by atoms with van der Waals surface area (Å²) in [6.07, 6.45) is -0.267. The minimum absolute atomic E-state index is 0.103. The third-order valence-electron chi connectivity index (χ3n) is 5.83. The molecule has 9 heteroatoms. The largest absolute Gasteiger partial charge is 0.366 e. The van der Waals surface area contributed by atoms with Gasteiger partial charge in [-0.25, -0.2) is 0 Å². The average Bonchev–Trinajstić information content (AvgIpc) is 3.02. The first-order valence-corrected chi connectivity index (χ1v) is 12.2. The molecule has 176 valence electrons. The number of fused-ring (bicyclic) bond motifs is 1. The van der Waals surface area contributed by atoms with E-state index in [4.69, 9.17) is 4.74 Å². The summed E-state index contributed by atoms with van der Waals surface area (Å²) in [4.78, 5) is 38.9. The molecule has 2 amide bonds. The molecule has 0 saturated carbocycles. The molecule has 0 aromatic heterocycles. The fourth-order valence-corrected chi connectivity index (χ4v) is 4.65. The molecule has 1 heterocycles. The minimum Gasteiger partial charge on any atom is -0.366 e. The number of ether oxygens (including phenoxy) is 1. The SMILES string of the molecule is CC(C)(CC(CCS(=O)(=O)O)N1C(=O)c2ccccc2C1=O)[C@H](C=O)OCc1ccccc1. The molecule has 0 saturated heterocycles. The fourth-order valence-electron chi connectivity index (χ4n) is 4.08. The number of amides is 2. The third kappa shape index (κ3) is 5.93. The predicted octanol–water partition coefficient (Wildman–Crippen LogP) is 3.13. The molecule has 3 rings (SSSR count). The lowest BCUT2D eigenvalue weighted by molar-refractivity contribution is -0.128. The quantitative estimate of drug-likeness (QED) is 0.303. The van der Waals surface area contributed by atoms with E-state index < -0.39 is 45.2 Å². The number of hydrogen-bond acceptors (Lipinski definition) is 6. The van der Waals surface area contributed by atoms with Crippen molar-refractivity contribution in [2.24, 2.45) is 5.41 Å². The Morgan fingerprint density at radius 2 is 1.55 bits per heavy atom. The molecule has 0 fully saturated rings. The van der Waals surface area contributed by atoms with E-state index in [1.165, 1.54) is 12.1 Å². The fraction of sp³-hybridized carbons (Fsp3) is 0.375. The normalized spacial score (nSPS) is 15.9. The molecule has 0 radical (unpaired) electrons. The lowest BCUT2D eigenvalue weighted by atomic mass is 9.79. The number of rotatable bonds is 11. The Labute approximate surface area is 193 Å². The number of aldehydes is 1. The Hall–Kier alpha value is -2.88. The number of benzene rings is 2. The first-order chi connectivity index (χ1) is 15.5. The van der Waals surface area contributed by atoms with Gasteiger partial charge in [-0.3, -0.25) is 19.0 Å². The molecule has 1 aliphatic rings. The van der Waals surface area contributed by atoms with Gasteiger partial charge in [-0.15, -0.1) is 0 Å². The lowest BCUT2D eigenvalue weighted by Crippen LogP contribution is -2.46. The summed E-state index contributed by atoms with van der Waals surface area (Å²) in [6.45, 7) is 3.71. The van der Waals surface area contributed by atoms with Crippen molar-refractivity contribution in [2.45, 2.75) is 45.4 Å². The Morgan fingerprint density at radius 3 is 2.06 bits per heavy atom. The van der Waals surface area contributed by atoms with E-state index in [1.807, 2.05) is 30.3 Å². The van der Waals surface area contributed by atoms with E-state index in [1.54, 1.807) is 26.0 Å². The molecule has 8 nitrogen and oxygen atoms in total. The van der Waals surface area contributed by atoms with Crippen molar-refractivity contribution in [3.8, 4) is 0 Å². The highest BCUT2D eigenvalue weighted by atomic mass is 32.2. The topological polar surface area (TPSA) is 118 Å². The summed E-state index contributed by atoms with van der Waals surface area (Å²) in [6, 6.07) is 14.8. The van der Waals surface area contributed by atoms with Gasteiger partial charge in [-0.2, -0.15) is 8.42 Å². The van der Waals surface area contributed by atoms with Crippen molar-refractivity contribution in [1.29, 1.82) is 0 Å². The summed E-state index contributed by atoms with van der Waals surface area (Å²) in [5.74, 6) is -1.68. The maximum atomic E-state index is 13.0. The van der Waals surface area contributed by atoms with E-state index in [2.05, 4.69) is 0 Å². The first-order valence-electron chi connectivity index (χ1n) is 10.6. The second-order valence-corrected chi connectivity index (χ2v) is 10.4. The highest BCUT2D eigenvalue weighted by molar-refractivity contribution is 7.85. The molecule has 1 unspecified atom stereocenters. The monoisotopic (exact) mass is 473 g/mol. The van der Waals surface area contributed by atoms with Gasteiger partial charge in [0.2, 0.25) is 0 Å². The van der Waals surface area contributed by atoms with Crippen LogP contribution in [0.2, 0.25) is 0 Å². The van der Waals surface area contributed by atoms with Gasteiger partial charge in [0.25, 0.3) is 21.9 Å². The number of imide groups is 1. The van der Waals surface area contributed by atoms with E-state index in [9.17, 15) is 27.4 Å². The number of nitrogens with zero attached hydrogens (tertiary/aromatic N) is 1. The molecule has 0 aliphatic carbocycles. The molecule has 1 aliphatic heterocycles. The molecule has 0 spiro atoms. The molecular weight excluding hydrogens is 446 g/mol. The second-order valence-electron chi connectivity index (χ2n) is 8.80. The van der Waals surface area contributed by atoms with Crippen LogP contribution in [0.15, 0.2) is 54.6 Å². The number of hydrogen-bond donors (Lipinski definition) is 1. The zero-order valence-corrected chi connectivity index (χ0v) is 19.3. The van der Waals surface area contributed by atoms with Gasteiger partial charge in [-0.05, 0) is 36.0 Å². The maximum Gasteiger partial charge on any atom is 0.264 e. The molecule has 2 atom stereocenters. The summed E-state index contributed by atoms with van der Waals surface area (Å²) in [5.41, 5.74) is 0.507. The van der Waals surface area contributed by atoms with Crippen molar-refractivity contribution in [2.75, 3.05) is 5.75 Å². The molecule has 2 aromatic carbocycles. The van der Waals surface area contributed by atoms with Gasteiger partial charge >= 0.3 is 0 Å². The summed E-state index contributed by atoms with van der Waals surface area (Å²) < 4.78 is 38.0. The maximum absolute atomic E-state index is 13.0. The highest BCUT2D eigenvalue weighted by Crippen LogP contribution is 2.35. The van der Waals surface area contributed by atoms with Crippen molar-refractivity contribution in [1.82, 2.24) is 4.90 Å². The van der Waals surface area contributed by atoms with Crippen molar-refractivity contribution < 1.29 is 32.1 Å². The smallest absolute Gasteiger partial charge is 0.264 e. The number of carbonyl (C=O) groups excluding carboxylic acids is 3. The van der Waals surface area contributed by atoms with Gasteiger partial charge in [0.05, 0.1) is 23.5 Å². The van der Waals surface area contributed by atoms with Gasteiger partial charge in [0, 0.05) is 6.04 Å². The van der Waals surface area contributed by atoms with Crippen LogP contribution in [0, 0.1) is 5.41 Å². The highest BCUT2D eigenvalue weighted by Gasteiger charge is 2.43. The second kappa shape index (κ2) is 9.94. The minimum atomic E-state index is -4.33.